The lowest BCUT2D eigenvalue weighted by molar-refractivity contribution is -0.118. The lowest BCUT2D eigenvalue weighted by Crippen LogP contribution is -2.52. The minimum Gasteiger partial charge on any atom is -0.444 e. The van der Waals surface area contributed by atoms with Crippen LogP contribution in [-0.2, 0) is 51.1 Å². The number of carbonyl (C=O) groups excluding carboxylic acids is 3. The van der Waals surface area contributed by atoms with Crippen LogP contribution >= 0.6 is 12.4 Å². The van der Waals surface area contributed by atoms with Crippen molar-refractivity contribution in [2.24, 2.45) is 5.73 Å². The molecular weight excluding hydrogens is 1240 g/mol. The van der Waals surface area contributed by atoms with Crippen LogP contribution in [0.4, 0.5) is 27.8 Å². The van der Waals surface area contributed by atoms with E-state index < -0.39 is 17.2 Å². The molecule has 1 amide bonds. The van der Waals surface area contributed by atoms with Crippen molar-refractivity contribution in [1.82, 2.24) is 34.4 Å². The molecule has 488 valence electrons. The summed E-state index contributed by atoms with van der Waals surface area (Å²) in [5, 5.41) is 10.3. The second-order valence-electron chi connectivity index (χ2n) is 26.9. The average Bonchev–Trinajstić information content (AvgIpc) is 1.64. The van der Waals surface area contributed by atoms with Gasteiger partial charge in [-0.25, -0.2) is 24.7 Å². The van der Waals surface area contributed by atoms with Crippen molar-refractivity contribution in [3.63, 3.8) is 0 Å². The summed E-state index contributed by atoms with van der Waals surface area (Å²) in [5.41, 5.74) is 24.6. The van der Waals surface area contributed by atoms with Crippen molar-refractivity contribution < 1.29 is 19.1 Å². The Morgan fingerprint density at radius 1 is 0.480 bits per heavy atom. The van der Waals surface area contributed by atoms with Crippen LogP contribution in [-0.4, -0.2) is 52.3 Å². The third-order valence-corrected chi connectivity index (χ3v) is 19.0. The van der Waals surface area contributed by atoms with Crippen LogP contribution in [0.1, 0.15) is 92.7 Å². The Hall–Kier alpha value is -11.1. The topological polar surface area (TPSA) is 184 Å². The predicted molar refractivity (Wildman–Crippen MR) is 391 cm³/mol. The van der Waals surface area contributed by atoms with E-state index in [4.69, 9.17) is 30.4 Å². The van der Waals surface area contributed by atoms with E-state index >= 15 is 0 Å². The summed E-state index contributed by atoms with van der Waals surface area (Å²) < 4.78 is 10.1. The summed E-state index contributed by atoms with van der Waals surface area (Å²) >= 11 is 0. The Bertz CT molecular complexity index is 4950. The van der Waals surface area contributed by atoms with Crippen LogP contribution in [0.15, 0.2) is 243 Å². The first kappa shape index (κ1) is 64.3. The van der Waals surface area contributed by atoms with Crippen LogP contribution in [0.3, 0.4) is 0 Å². The Kier molecular flexibility index (Phi) is 17.6. The van der Waals surface area contributed by atoms with Gasteiger partial charge >= 0.3 is 6.09 Å². The molecule has 15 heteroatoms. The van der Waals surface area contributed by atoms with E-state index in [0.717, 1.165) is 162 Å². The number of Topliss-reactive ketones (excluding diaryl/α,β-unsaturated/α-hetero) is 2. The van der Waals surface area contributed by atoms with Crippen LogP contribution < -0.4 is 21.7 Å². The Morgan fingerprint density at radius 3 is 1.33 bits per heavy atom. The highest BCUT2D eigenvalue weighted by molar-refractivity contribution is 5.94. The molecule has 6 heterocycles. The number of aromatic nitrogens is 6. The predicted octanol–water partition coefficient (Wildman–Crippen LogP) is 18.0. The van der Waals surface area contributed by atoms with Gasteiger partial charge in [0.25, 0.3) is 0 Å². The summed E-state index contributed by atoms with van der Waals surface area (Å²) in [6.45, 7) is 5.63. The highest BCUT2D eigenvalue weighted by Crippen LogP contribution is 2.49. The summed E-state index contributed by atoms with van der Waals surface area (Å²) in [6, 6.07) is 77.7. The smallest absolute Gasteiger partial charge is 0.408 e. The van der Waals surface area contributed by atoms with Gasteiger partial charge in [0.05, 0.1) is 51.1 Å². The third-order valence-electron chi connectivity index (χ3n) is 19.0. The number of pyridine rings is 2. The molecule has 2 saturated carbocycles. The summed E-state index contributed by atoms with van der Waals surface area (Å²) in [6.07, 6.45) is 10.6. The maximum atomic E-state index is 13.2. The summed E-state index contributed by atoms with van der Waals surface area (Å²) in [4.78, 5) is 59.4. The van der Waals surface area contributed by atoms with E-state index in [1.165, 1.54) is 12.0 Å². The average molecular weight is 1310 g/mol. The monoisotopic (exact) mass is 1310 g/mol. The number of imidazole rings is 2. The number of nitrogens with zero attached hydrogens (tertiary/aromatic N) is 6. The van der Waals surface area contributed by atoms with Crippen molar-refractivity contribution >= 4 is 53.1 Å². The zero-order valence-corrected chi connectivity index (χ0v) is 55.8. The number of fused-ring (bicyclic) bond motifs is 10. The number of hydrogen-bond acceptors (Lipinski definition) is 11. The SMILES string of the molecule is CC(C)(C)OC(=O)NC1(c2ccc(-c3c(-c4cccc(CC(=O)Cc5ccccc5)c4)nc4n3-c3cccnc3Nc3ccccc3-4)cc2)CCC1.Cl.NC1(c2ccc(-c3c(-c4cccc(CC(=O)Cc5ccccc5)c4)nc4n3-c3cccnc3Nc3ccccc3-4)cc2)CCC1. The van der Waals surface area contributed by atoms with Crippen molar-refractivity contribution in [1.29, 1.82) is 0 Å². The number of para-hydroxylation sites is 2. The van der Waals surface area contributed by atoms with E-state index in [9.17, 15) is 14.4 Å². The van der Waals surface area contributed by atoms with Gasteiger partial charge in [0.2, 0.25) is 0 Å². The number of ketones is 2. The number of halogens is 1. The van der Waals surface area contributed by atoms with Gasteiger partial charge in [0.1, 0.15) is 28.8 Å². The molecule has 0 atom stereocenters. The maximum Gasteiger partial charge on any atom is 0.408 e. The molecular formula is C83H75ClN10O4. The molecule has 98 heavy (non-hydrogen) atoms. The number of benzene rings is 8. The molecule has 0 unspecified atom stereocenters. The molecule has 0 spiro atoms. The Labute approximate surface area is 576 Å². The van der Waals surface area contributed by atoms with Crippen molar-refractivity contribution in [2.75, 3.05) is 10.6 Å². The van der Waals surface area contributed by atoms with Crippen molar-refractivity contribution in [2.45, 2.75) is 102 Å². The second-order valence-corrected chi connectivity index (χ2v) is 26.9. The number of alkyl carbamates (subject to hydrolysis) is 1. The number of nitrogens with two attached hydrogens (primary N) is 1. The van der Waals surface area contributed by atoms with Crippen LogP contribution in [0, 0.1) is 0 Å². The van der Waals surface area contributed by atoms with Gasteiger partial charge in [-0.05, 0) is 153 Å². The van der Waals surface area contributed by atoms with E-state index in [-0.39, 0.29) is 29.5 Å². The van der Waals surface area contributed by atoms with Gasteiger partial charge in [0.15, 0.2) is 11.6 Å². The van der Waals surface area contributed by atoms with Gasteiger partial charge in [0, 0.05) is 77.0 Å². The summed E-state index contributed by atoms with van der Waals surface area (Å²) in [7, 11) is 0. The zero-order chi connectivity index (χ0) is 66.3. The highest BCUT2D eigenvalue weighted by atomic mass is 35.5. The molecule has 5 N–H and O–H groups in total. The third kappa shape index (κ3) is 13.0. The minimum absolute atomic E-state index is 0. The van der Waals surface area contributed by atoms with Gasteiger partial charge < -0.3 is 26.4 Å². The number of hydrogen-bond donors (Lipinski definition) is 4. The summed E-state index contributed by atoms with van der Waals surface area (Å²) in [5.74, 6) is 3.45. The van der Waals surface area contributed by atoms with Gasteiger partial charge in [-0.2, -0.15) is 0 Å². The van der Waals surface area contributed by atoms with Crippen molar-refractivity contribution in [3.05, 3.63) is 276 Å². The molecule has 2 aliphatic heterocycles. The molecule has 0 saturated heterocycles. The molecule has 2 fully saturated rings. The lowest BCUT2D eigenvalue weighted by Gasteiger charge is -2.43. The molecule has 4 aliphatic rings. The molecule has 8 aromatic carbocycles. The minimum atomic E-state index is -0.583. The van der Waals surface area contributed by atoms with Crippen molar-refractivity contribution in [3.8, 4) is 79.2 Å². The largest absolute Gasteiger partial charge is 0.444 e. The van der Waals surface area contributed by atoms with Gasteiger partial charge in [-0.15, -0.1) is 12.4 Å². The first-order valence-electron chi connectivity index (χ1n) is 33.4. The number of rotatable bonds is 15. The van der Waals surface area contributed by atoms with E-state index in [1.54, 1.807) is 12.4 Å². The molecule has 0 bridgehead atoms. The maximum absolute atomic E-state index is 13.2. The van der Waals surface area contributed by atoms with Gasteiger partial charge in [-0.3, -0.25) is 18.7 Å². The quantitative estimate of drug-likeness (QED) is 0.0766. The zero-order valence-electron chi connectivity index (χ0n) is 55.0. The molecule has 12 aromatic rings. The van der Waals surface area contributed by atoms with E-state index in [2.05, 4.69) is 128 Å². The van der Waals surface area contributed by atoms with E-state index in [1.807, 2.05) is 148 Å². The second kappa shape index (κ2) is 26.9. The Morgan fingerprint density at radius 2 is 0.898 bits per heavy atom. The standard InChI is InChI=1S/C44H41N5O3.C39H33N5O.ClH/c1-43(2,3)52-42(51)48-44(23-11-24-44)33-21-19-31(20-22-33)39-38(32-15-9-14-30(26-32)28-34(50)27-29-12-5-4-6-13-29)47-41-35-16-7-8-17-36(35)46-40-37(49(39)41)18-10-25-45-40;40-39(20-8-21-39)30-18-16-28(17-19-30)36-35(29-12-6-11-27(23-29)25-31(45)24-26-9-2-1-3-10-26)43-38-32-13-4-5-14-33(32)42-37-34(44(36)38)15-7-22-41-37;/h4-10,12-22,25-26H,11,23-24,27-28H2,1-3H3,(H,45,46)(H,48,51);1-7,9-19,22-23H,8,20-21,24-25,40H2,(H,41,42);1H. The molecule has 2 aliphatic carbocycles. The first-order chi connectivity index (χ1) is 47.2. The molecule has 14 nitrogen and oxygen atoms in total. The lowest BCUT2D eigenvalue weighted by atomic mass is 9.71. The van der Waals surface area contributed by atoms with Crippen LogP contribution in [0.5, 0.6) is 0 Å². The molecule has 0 radical (unpaired) electrons. The van der Waals surface area contributed by atoms with Gasteiger partial charge in [-0.1, -0.05) is 170 Å². The fraction of sp³-hybridized carbons (Fsp3) is 0.193. The first-order valence-corrected chi connectivity index (χ1v) is 33.4. The fourth-order valence-electron chi connectivity index (χ4n) is 13.9. The van der Waals surface area contributed by atoms with E-state index in [0.29, 0.717) is 25.7 Å². The number of nitrogens with one attached hydrogen (secondary N) is 3. The number of carbonyl (C=O) groups is 3. The molecule has 16 rings (SSSR count). The normalized spacial score (nSPS) is 14.0. The Balaban J connectivity index is 0.000000168. The number of ether oxygens (including phenoxy) is 1. The number of amides is 1. The highest BCUT2D eigenvalue weighted by Gasteiger charge is 2.42. The molecule has 4 aromatic heterocycles. The van der Waals surface area contributed by atoms with Crippen LogP contribution in [0.25, 0.3) is 79.2 Å². The van der Waals surface area contributed by atoms with Crippen LogP contribution in [0.2, 0.25) is 0 Å². The number of anilines is 4. The fourth-order valence-corrected chi connectivity index (χ4v) is 13.9.